The Bertz CT molecular complexity index is 686. The number of para-hydroxylation sites is 1. The van der Waals surface area contributed by atoms with Crippen LogP contribution in [0.4, 0.5) is 0 Å². The fourth-order valence-corrected chi connectivity index (χ4v) is 2.86. The van der Waals surface area contributed by atoms with Gasteiger partial charge >= 0.3 is 0 Å². The Labute approximate surface area is 155 Å². The number of hydrogen-bond acceptors (Lipinski definition) is 3. The summed E-state index contributed by atoms with van der Waals surface area (Å²) >= 11 is 0. The van der Waals surface area contributed by atoms with E-state index in [1.54, 1.807) is 7.11 Å². The number of amides is 1. The molecule has 0 bridgehead atoms. The summed E-state index contributed by atoms with van der Waals surface area (Å²) in [6.07, 6.45) is 0.758. The Hall–Kier alpha value is -2.53. The van der Waals surface area contributed by atoms with Crippen molar-refractivity contribution in [1.82, 2.24) is 5.32 Å². The highest BCUT2D eigenvalue weighted by atomic mass is 16.5. The maximum Gasteiger partial charge on any atom is 0.275 e. The summed E-state index contributed by atoms with van der Waals surface area (Å²) in [5.41, 5.74) is 2.29. The lowest BCUT2D eigenvalue weighted by atomic mass is 10.1. The fraction of sp³-hybridized carbons (Fsp3) is 0.381. The van der Waals surface area contributed by atoms with Crippen molar-refractivity contribution in [2.24, 2.45) is 0 Å². The van der Waals surface area contributed by atoms with E-state index in [1.807, 2.05) is 62.5 Å². The minimum absolute atomic E-state index is 0.0586. The van der Waals surface area contributed by atoms with Gasteiger partial charge in [-0.3, -0.25) is 4.79 Å². The van der Waals surface area contributed by atoms with E-state index in [1.165, 1.54) is 5.56 Å². The number of quaternary nitrogens is 1. The van der Waals surface area contributed by atoms with Crippen molar-refractivity contribution in [2.45, 2.75) is 19.9 Å². The minimum Gasteiger partial charge on any atom is -0.496 e. The average molecular weight is 357 g/mol. The molecular weight excluding hydrogens is 328 g/mol. The first-order valence-corrected chi connectivity index (χ1v) is 9.04. The molecule has 2 aromatic rings. The third kappa shape index (κ3) is 6.41. The largest absolute Gasteiger partial charge is 0.496 e. The topological polar surface area (TPSA) is 52.0 Å². The van der Waals surface area contributed by atoms with Crippen LogP contribution in [-0.4, -0.2) is 39.8 Å². The van der Waals surface area contributed by atoms with Gasteiger partial charge in [-0.15, -0.1) is 0 Å². The molecule has 5 nitrogen and oxygen atoms in total. The van der Waals surface area contributed by atoms with Crippen molar-refractivity contribution in [2.75, 3.05) is 33.9 Å². The van der Waals surface area contributed by atoms with Gasteiger partial charge in [-0.25, -0.2) is 0 Å². The number of likely N-dealkylation sites (N-methyl/N-ethyl adjacent to an activating group) is 1. The van der Waals surface area contributed by atoms with Gasteiger partial charge in [0.2, 0.25) is 0 Å². The van der Waals surface area contributed by atoms with Crippen LogP contribution < -0.4 is 19.7 Å². The van der Waals surface area contributed by atoms with Crippen LogP contribution in [-0.2, 0) is 17.8 Å². The number of rotatable bonds is 10. The molecule has 0 fully saturated rings. The maximum absolute atomic E-state index is 12.1. The quantitative estimate of drug-likeness (QED) is 0.677. The molecule has 140 valence electrons. The highest BCUT2D eigenvalue weighted by Crippen LogP contribution is 2.17. The van der Waals surface area contributed by atoms with Gasteiger partial charge < -0.3 is 19.7 Å². The smallest absolute Gasteiger partial charge is 0.275 e. The number of carbonyl (C=O) groups excluding carboxylic acids is 1. The molecule has 1 atom stereocenters. The number of ether oxygens (including phenoxy) is 2. The molecule has 2 rings (SSSR count). The number of hydrogen-bond donors (Lipinski definition) is 2. The van der Waals surface area contributed by atoms with Gasteiger partial charge in [0.15, 0.2) is 6.54 Å². The summed E-state index contributed by atoms with van der Waals surface area (Å²) in [7, 11) is 3.69. The maximum atomic E-state index is 12.1. The van der Waals surface area contributed by atoms with E-state index in [9.17, 15) is 4.79 Å². The predicted octanol–water partition coefficient (Wildman–Crippen LogP) is 1.47. The van der Waals surface area contributed by atoms with Crippen LogP contribution in [0.15, 0.2) is 48.5 Å². The zero-order valence-corrected chi connectivity index (χ0v) is 15.9. The molecule has 1 unspecified atom stereocenters. The molecule has 0 saturated heterocycles. The normalized spacial score (nSPS) is 11.7. The van der Waals surface area contributed by atoms with Crippen LogP contribution in [0.2, 0.25) is 0 Å². The van der Waals surface area contributed by atoms with E-state index in [2.05, 4.69) is 5.32 Å². The molecule has 0 radical (unpaired) electrons. The Morgan fingerprint density at radius 1 is 1.12 bits per heavy atom. The number of carbonyl (C=O) groups is 1. The lowest BCUT2D eigenvalue weighted by Crippen LogP contribution is -3.08. The first-order valence-electron chi connectivity index (χ1n) is 9.04. The van der Waals surface area contributed by atoms with Crippen LogP contribution in [0.3, 0.4) is 0 Å². The van der Waals surface area contributed by atoms with Crippen LogP contribution in [0.25, 0.3) is 0 Å². The molecule has 0 aliphatic carbocycles. The summed E-state index contributed by atoms with van der Waals surface area (Å²) < 4.78 is 10.8. The van der Waals surface area contributed by atoms with Gasteiger partial charge in [0, 0.05) is 12.1 Å². The molecule has 0 heterocycles. The minimum atomic E-state index is 0.0586. The lowest BCUT2D eigenvalue weighted by Gasteiger charge is -2.14. The van der Waals surface area contributed by atoms with Crippen LogP contribution in [0, 0.1) is 0 Å². The number of methoxy groups -OCH3 is 1. The van der Waals surface area contributed by atoms with Gasteiger partial charge in [-0.05, 0) is 49.2 Å². The molecule has 26 heavy (non-hydrogen) atoms. The molecule has 2 N–H and O–H groups in total. The van der Waals surface area contributed by atoms with Crippen LogP contribution in [0.1, 0.15) is 18.1 Å². The molecule has 5 heteroatoms. The van der Waals surface area contributed by atoms with E-state index < -0.39 is 0 Å². The molecule has 1 amide bonds. The van der Waals surface area contributed by atoms with Gasteiger partial charge in [-0.2, -0.15) is 0 Å². The van der Waals surface area contributed by atoms with Gasteiger partial charge in [0.25, 0.3) is 5.91 Å². The third-order valence-corrected chi connectivity index (χ3v) is 4.11. The van der Waals surface area contributed by atoms with E-state index >= 15 is 0 Å². The number of benzene rings is 2. The van der Waals surface area contributed by atoms with Crippen LogP contribution >= 0.6 is 0 Å². The highest BCUT2D eigenvalue weighted by molar-refractivity contribution is 5.76. The standard InChI is InChI=1S/C21H28N2O3/c1-4-26-19-11-9-17(10-12-19)15-23(2)16-21(24)22-14-13-18-7-5-6-8-20(18)25-3/h5-12H,4,13-16H2,1-3H3,(H,22,24)/p+1. The second kappa shape index (κ2) is 10.5. The van der Waals surface area contributed by atoms with Crippen molar-refractivity contribution < 1.29 is 19.2 Å². The Morgan fingerprint density at radius 2 is 1.85 bits per heavy atom. The summed E-state index contributed by atoms with van der Waals surface area (Å²) in [4.78, 5) is 13.3. The zero-order valence-electron chi connectivity index (χ0n) is 15.9. The third-order valence-electron chi connectivity index (χ3n) is 4.11. The molecule has 0 saturated carbocycles. The van der Waals surface area contributed by atoms with Gasteiger partial charge in [-0.1, -0.05) is 18.2 Å². The van der Waals surface area contributed by atoms with Gasteiger partial charge in [0.1, 0.15) is 18.0 Å². The molecule has 0 aromatic heterocycles. The van der Waals surface area contributed by atoms with Crippen molar-refractivity contribution in [3.63, 3.8) is 0 Å². The second-order valence-electron chi connectivity index (χ2n) is 6.30. The van der Waals surface area contributed by atoms with E-state index in [0.29, 0.717) is 19.7 Å². The summed E-state index contributed by atoms with van der Waals surface area (Å²) in [5, 5.41) is 2.99. The van der Waals surface area contributed by atoms with E-state index in [0.717, 1.165) is 34.9 Å². The van der Waals surface area contributed by atoms with Crippen molar-refractivity contribution in [1.29, 1.82) is 0 Å². The van der Waals surface area contributed by atoms with Crippen molar-refractivity contribution in [3.8, 4) is 11.5 Å². The lowest BCUT2D eigenvalue weighted by molar-refractivity contribution is -0.885. The monoisotopic (exact) mass is 357 g/mol. The Balaban J connectivity index is 1.73. The van der Waals surface area contributed by atoms with Crippen molar-refractivity contribution in [3.05, 3.63) is 59.7 Å². The summed E-state index contributed by atoms with van der Waals surface area (Å²) in [5.74, 6) is 1.80. The van der Waals surface area contributed by atoms with E-state index in [-0.39, 0.29) is 5.91 Å². The number of nitrogens with one attached hydrogen (secondary N) is 2. The Kier molecular flexibility index (Phi) is 7.96. The van der Waals surface area contributed by atoms with Crippen LogP contribution in [0.5, 0.6) is 11.5 Å². The SMILES string of the molecule is CCOc1ccc(C[NH+](C)CC(=O)NCCc2ccccc2OC)cc1. The average Bonchev–Trinajstić information content (AvgIpc) is 2.64. The summed E-state index contributed by atoms with van der Waals surface area (Å²) in [6.45, 7) is 4.48. The fourth-order valence-electron chi connectivity index (χ4n) is 2.86. The second-order valence-corrected chi connectivity index (χ2v) is 6.30. The molecule has 0 aliphatic rings. The van der Waals surface area contributed by atoms with Crippen molar-refractivity contribution >= 4 is 5.91 Å². The predicted molar refractivity (Wildman–Crippen MR) is 103 cm³/mol. The molecule has 0 spiro atoms. The summed E-state index contributed by atoms with van der Waals surface area (Å²) in [6, 6.07) is 15.9. The molecule has 2 aromatic carbocycles. The Morgan fingerprint density at radius 3 is 2.54 bits per heavy atom. The first kappa shape index (κ1) is 19.8. The van der Waals surface area contributed by atoms with E-state index in [4.69, 9.17) is 9.47 Å². The first-order chi connectivity index (χ1) is 12.6. The van der Waals surface area contributed by atoms with Gasteiger partial charge in [0.05, 0.1) is 20.8 Å². The molecular formula is C21H29N2O3+. The molecule has 0 aliphatic heterocycles. The highest BCUT2D eigenvalue weighted by Gasteiger charge is 2.11. The zero-order chi connectivity index (χ0) is 18.8.